The molecule has 4 nitrogen and oxygen atoms in total. The maximum Gasteiger partial charge on any atom is 0.331 e. The van der Waals surface area contributed by atoms with Gasteiger partial charge in [-0.15, -0.1) is 0 Å². The molecule has 0 spiro atoms. The van der Waals surface area contributed by atoms with Crippen molar-refractivity contribution in [1.29, 1.82) is 0 Å². The van der Waals surface area contributed by atoms with Gasteiger partial charge in [0, 0.05) is 24.7 Å². The highest BCUT2D eigenvalue weighted by Crippen LogP contribution is 2.10. The summed E-state index contributed by atoms with van der Waals surface area (Å²) >= 11 is 0. The van der Waals surface area contributed by atoms with Crippen molar-refractivity contribution in [3.63, 3.8) is 0 Å². The van der Waals surface area contributed by atoms with Crippen LogP contribution >= 0.6 is 0 Å². The number of carboxylic acids is 1. The van der Waals surface area contributed by atoms with Gasteiger partial charge in [0.15, 0.2) is 0 Å². The van der Waals surface area contributed by atoms with Gasteiger partial charge < -0.3 is 10.0 Å². The Bertz CT molecular complexity index is 294. The highest BCUT2D eigenvalue weighted by atomic mass is 16.4. The molecule has 0 aromatic carbocycles. The molecule has 1 N–H and O–H groups in total. The Balaban J connectivity index is 2.37. The maximum atomic E-state index is 11.1. The zero-order valence-electron chi connectivity index (χ0n) is 7.90. The first-order chi connectivity index (χ1) is 6.61. The van der Waals surface area contributed by atoms with Crippen LogP contribution in [0.25, 0.3) is 0 Å². The Hall–Kier alpha value is -1.58. The van der Waals surface area contributed by atoms with Crippen LogP contribution in [0.1, 0.15) is 19.3 Å². The van der Waals surface area contributed by atoms with Crippen LogP contribution in [0.4, 0.5) is 0 Å². The van der Waals surface area contributed by atoms with E-state index in [1.165, 1.54) is 0 Å². The number of carboxylic acid groups (broad SMARTS) is 1. The first-order valence-electron chi connectivity index (χ1n) is 4.48. The number of carbonyl (C=O) groups excluding carboxylic acids is 1. The number of carbonyl (C=O) groups is 2. The lowest BCUT2D eigenvalue weighted by atomic mass is 10.2. The molecule has 0 saturated carbocycles. The molecule has 1 fully saturated rings. The molecule has 0 atom stereocenters. The summed E-state index contributed by atoms with van der Waals surface area (Å²) in [5.74, 6) is -0.899. The third-order valence-electron chi connectivity index (χ3n) is 2.06. The van der Waals surface area contributed by atoms with E-state index in [4.69, 9.17) is 5.11 Å². The predicted octanol–water partition coefficient (Wildman–Crippen LogP) is 1.15. The van der Waals surface area contributed by atoms with Crippen LogP contribution in [0.5, 0.6) is 0 Å². The SMILES string of the molecule is C=C(CC=CN1CCCC1=O)C(=O)O. The van der Waals surface area contributed by atoms with Crippen molar-refractivity contribution < 1.29 is 14.7 Å². The zero-order valence-corrected chi connectivity index (χ0v) is 7.90. The van der Waals surface area contributed by atoms with E-state index in [-0.39, 0.29) is 17.9 Å². The van der Waals surface area contributed by atoms with Crippen LogP contribution in [-0.4, -0.2) is 28.4 Å². The number of allylic oxidation sites excluding steroid dienone is 1. The molecule has 1 rings (SSSR count). The number of nitrogens with zero attached hydrogens (tertiary/aromatic N) is 1. The van der Waals surface area contributed by atoms with E-state index in [1.807, 2.05) is 0 Å². The number of hydrogen-bond acceptors (Lipinski definition) is 2. The fourth-order valence-electron chi connectivity index (χ4n) is 1.24. The monoisotopic (exact) mass is 195 g/mol. The van der Waals surface area contributed by atoms with E-state index in [2.05, 4.69) is 6.58 Å². The van der Waals surface area contributed by atoms with Crippen LogP contribution in [0.2, 0.25) is 0 Å². The summed E-state index contributed by atoms with van der Waals surface area (Å²) in [5.41, 5.74) is 0.132. The quantitative estimate of drug-likeness (QED) is 0.684. The predicted molar refractivity (Wildman–Crippen MR) is 51.5 cm³/mol. The Kier molecular flexibility index (Phi) is 3.45. The lowest BCUT2D eigenvalue weighted by Gasteiger charge is -2.07. The molecule has 1 aliphatic rings. The Labute approximate surface area is 82.5 Å². The van der Waals surface area contributed by atoms with E-state index in [0.29, 0.717) is 6.42 Å². The van der Waals surface area contributed by atoms with E-state index < -0.39 is 5.97 Å². The van der Waals surface area contributed by atoms with E-state index in [1.54, 1.807) is 17.2 Å². The van der Waals surface area contributed by atoms with E-state index in [0.717, 1.165) is 13.0 Å². The molecule has 0 bridgehead atoms. The van der Waals surface area contributed by atoms with Crippen molar-refractivity contribution in [2.45, 2.75) is 19.3 Å². The smallest absolute Gasteiger partial charge is 0.331 e. The van der Waals surface area contributed by atoms with Crippen molar-refractivity contribution in [2.75, 3.05) is 6.54 Å². The minimum Gasteiger partial charge on any atom is -0.478 e. The fourth-order valence-corrected chi connectivity index (χ4v) is 1.24. The van der Waals surface area contributed by atoms with Gasteiger partial charge in [0.05, 0.1) is 0 Å². The number of likely N-dealkylation sites (tertiary alicyclic amines) is 1. The molecule has 1 heterocycles. The second-order valence-electron chi connectivity index (χ2n) is 3.19. The van der Waals surface area contributed by atoms with Crippen molar-refractivity contribution in [3.8, 4) is 0 Å². The molecule has 1 saturated heterocycles. The summed E-state index contributed by atoms with van der Waals surface area (Å²) in [4.78, 5) is 23.1. The van der Waals surface area contributed by atoms with E-state index in [9.17, 15) is 9.59 Å². The molecule has 0 aliphatic carbocycles. The summed E-state index contributed by atoms with van der Waals surface area (Å²) < 4.78 is 0. The first kappa shape index (κ1) is 10.5. The van der Waals surface area contributed by atoms with E-state index >= 15 is 0 Å². The average molecular weight is 195 g/mol. The van der Waals surface area contributed by atoms with Gasteiger partial charge in [-0.1, -0.05) is 12.7 Å². The minimum absolute atomic E-state index is 0.0992. The molecule has 0 radical (unpaired) electrons. The van der Waals surface area contributed by atoms with Crippen LogP contribution in [0.15, 0.2) is 24.4 Å². The first-order valence-corrected chi connectivity index (χ1v) is 4.48. The minimum atomic E-state index is -0.998. The highest BCUT2D eigenvalue weighted by Gasteiger charge is 2.16. The number of rotatable bonds is 4. The molecular weight excluding hydrogens is 182 g/mol. The summed E-state index contributed by atoms with van der Waals surface area (Å²) in [5, 5.41) is 8.51. The van der Waals surface area contributed by atoms with Crippen molar-refractivity contribution in [2.24, 2.45) is 0 Å². The molecule has 0 unspecified atom stereocenters. The third-order valence-corrected chi connectivity index (χ3v) is 2.06. The molecular formula is C10H13NO3. The summed E-state index contributed by atoms with van der Waals surface area (Å²) in [6.07, 6.45) is 5.04. The summed E-state index contributed by atoms with van der Waals surface area (Å²) in [6.45, 7) is 4.11. The number of aliphatic carboxylic acids is 1. The van der Waals surface area contributed by atoms with Gasteiger partial charge in [0.2, 0.25) is 5.91 Å². The topological polar surface area (TPSA) is 57.6 Å². The van der Waals surface area contributed by atoms with Crippen LogP contribution in [-0.2, 0) is 9.59 Å². The van der Waals surface area contributed by atoms with Gasteiger partial charge >= 0.3 is 5.97 Å². The van der Waals surface area contributed by atoms with Gasteiger partial charge in [0.25, 0.3) is 0 Å². The second-order valence-corrected chi connectivity index (χ2v) is 3.19. The molecule has 1 aliphatic heterocycles. The Morgan fingerprint density at radius 1 is 1.64 bits per heavy atom. The van der Waals surface area contributed by atoms with Gasteiger partial charge in [-0.05, 0) is 12.8 Å². The fraction of sp³-hybridized carbons (Fsp3) is 0.400. The lowest BCUT2D eigenvalue weighted by Crippen LogP contribution is -2.17. The molecule has 1 amide bonds. The molecule has 76 valence electrons. The van der Waals surface area contributed by atoms with Gasteiger partial charge in [-0.25, -0.2) is 4.79 Å². The van der Waals surface area contributed by atoms with Crippen molar-refractivity contribution in [1.82, 2.24) is 4.90 Å². The molecule has 4 heteroatoms. The van der Waals surface area contributed by atoms with Gasteiger partial charge in [-0.2, -0.15) is 0 Å². The zero-order chi connectivity index (χ0) is 10.6. The number of hydrogen-bond donors (Lipinski definition) is 1. The maximum absolute atomic E-state index is 11.1. The summed E-state index contributed by atoms with van der Waals surface area (Å²) in [6, 6.07) is 0. The van der Waals surface area contributed by atoms with Crippen LogP contribution in [0.3, 0.4) is 0 Å². The molecule has 0 aromatic rings. The molecule has 14 heavy (non-hydrogen) atoms. The lowest BCUT2D eigenvalue weighted by molar-refractivity contribution is -0.132. The largest absolute Gasteiger partial charge is 0.478 e. The standard InChI is InChI=1S/C10H13NO3/c1-8(10(13)14)4-2-6-11-7-3-5-9(11)12/h2,6H,1,3-5,7H2,(H,13,14). The summed E-state index contributed by atoms with van der Waals surface area (Å²) in [7, 11) is 0. The van der Waals surface area contributed by atoms with Crippen molar-refractivity contribution >= 4 is 11.9 Å². The Morgan fingerprint density at radius 2 is 2.36 bits per heavy atom. The van der Waals surface area contributed by atoms with Crippen molar-refractivity contribution in [3.05, 3.63) is 24.4 Å². The third kappa shape index (κ3) is 2.73. The molecule has 0 aromatic heterocycles. The van der Waals surface area contributed by atoms with Gasteiger partial charge in [0.1, 0.15) is 0 Å². The highest BCUT2D eigenvalue weighted by molar-refractivity contribution is 5.86. The van der Waals surface area contributed by atoms with Crippen LogP contribution < -0.4 is 0 Å². The normalized spacial score (nSPS) is 16.6. The average Bonchev–Trinajstić information content (AvgIpc) is 2.51. The second kappa shape index (κ2) is 4.60. The van der Waals surface area contributed by atoms with Gasteiger partial charge in [-0.3, -0.25) is 4.79 Å². The Morgan fingerprint density at radius 3 is 2.86 bits per heavy atom. The number of amides is 1. The van der Waals surface area contributed by atoms with Crippen LogP contribution in [0, 0.1) is 0 Å².